The highest BCUT2D eigenvalue weighted by molar-refractivity contribution is 7.54. The van der Waals surface area contributed by atoms with E-state index in [0.717, 1.165) is 6.92 Å². The van der Waals surface area contributed by atoms with Gasteiger partial charge in [-0.05, 0) is 27.7 Å². The third-order valence-corrected chi connectivity index (χ3v) is 3.60. The van der Waals surface area contributed by atoms with Gasteiger partial charge in [-0.3, -0.25) is 14.2 Å². The van der Waals surface area contributed by atoms with Gasteiger partial charge < -0.3 is 19.6 Å². The fourth-order valence-electron chi connectivity index (χ4n) is 0.977. The number of rotatable bonds is 4. The molecule has 0 radical (unpaired) electrons. The zero-order valence-corrected chi connectivity index (χ0v) is 11.0. The van der Waals surface area contributed by atoms with Gasteiger partial charge in [-0.25, -0.2) is 0 Å². The molecule has 0 aliphatic carbocycles. The molecule has 0 aromatic carbocycles. The second kappa shape index (κ2) is 4.76. The summed E-state index contributed by atoms with van der Waals surface area (Å²) in [5.74, 6) is -2.71. The van der Waals surface area contributed by atoms with E-state index in [2.05, 4.69) is 0 Å². The molecule has 0 bridgehead atoms. The average Bonchev–Trinajstić information content (AvgIpc) is 1.96. The van der Waals surface area contributed by atoms with E-state index in [-0.39, 0.29) is 0 Å². The first-order valence-corrected chi connectivity index (χ1v) is 6.42. The maximum absolute atomic E-state index is 11.7. The van der Waals surface area contributed by atoms with E-state index in [9.17, 15) is 14.2 Å². The van der Waals surface area contributed by atoms with Crippen LogP contribution in [0.4, 0.5) is 0 Å². The van der Waals surface area contributed by atoms with Crippen LogP contribution in [0.5, 0.6) is 0 Å². The molecule has 7 nitrogen and oxygen atoms in total. The molecule has 0 heterocycles. The molecule has 3 N–H and O–H groups in total. The molecule has 0 aromatic rings. The molecule has 0 saturated heterocycles. The predicted molar refractivity (Wildman–Crippen MR) is 58.5 cm³/mol. The van der Waals surface area contributed by atoms with Crippen LogP contribution in [-0.4, -0.2) is 37.6 Å². The lowest BCUT2D eigenvalue weighted by molar-refractivity contribution is -0.161. The minimum atomic E-state index is -4.94. The summed E-state index contributed by atoms with van der Waals surface area (Å²) in [5.41, 5.74) is -0.952. The average molecular weight is 268 g/mol. The van der Waals surface area contributed by atoms with Crippen molar-refractivity contribution in [3.63, 3.8) is 0 Å². The van der Waals surface area contributed by atoms with Crippen LogP contribution in [-0.2, 0) is 18.9 Å². The molecule has 0 saturated carbocycles. The van der Waals surface area contributed by atoms with Gasteiger partial charge in [0.25, 0.3) is 0 Å². The molecule has 0 fully saturated rings. The molecule has 0 spiro atoms. The molecule has 8 heteroatoms. The third kappa shape index (κ3) is 4.46. The molecule has 17 heavy (non-hydrogen) atoms. The Morgan fingerprint density at radius 2 is 1.59 bits per heavy atom. The topological polar surface area (TPSA) is 121 Å². The second-order valence-corrected chi connectivity index (χ2v) is 6.97. The second-order valence-electron chi connectivity index (χ2n) is 4.89. The van der Waals surface area contributed by atoms with E-state index in [1.807, 2.05) is 0 Å². The van der Waals surface area contributed by atoms with Crippen molar-refractivity contribution in [2.45, 2.75) is 44.9 Å². The highest BCUT2D eigenvalue weighted by Gasteiger charge is 2.53. The van der Waals surface area contributed by atoms with Gasteiger partial charge in [0.1, 0.15) is 5.60 Å². The number of ether oxygens (including phenoxy) is 1. The molecule has 100 valence electrons. The van der Waals surface area contributed by atoms with Crippen LogP contribution < -0.4 is 0 Å². The molecule has 1 atom stereocenters. The highest BCUT2D eigenvalue weighted by atomic mass is 31.2. The van der Waals surface area contributed by atoms with Crippen LogP contribution >= 0.6 is 7.60 Å². The summed E-state index contributed by atoms with van der Waals surface area (Å²) in [6.45, 7) is 5.44. The molecular weight excluding hydrogens is 251 g/mol. The maximum Gasteiger partial charge on any atom is 0.343 e. The van der Waals surface area contributed by atoms with Crippen molar-refractivity contribution in [1.82, 2.24) is 0 Å². The summed E-state index contributed by atoms with van der Waals surface area (Å²) in [4.78, 5) is 40.5. The fraction of sp³-hybridized carbons (Fsp3) is 0.778. The number of hydrogen-bond acceptors (Lipinski definition) is 4. The lowest BCUT2D eigenvalue weighted by atomic mass is 10.1. The Hall–Kier alpha value is -0.910. The Balaban J connectivity index is 5.28. The van der Waals surface area contributed by atoms with Crippen molar-refractivity contribution in [1.29, 1.82) is 0 Å². The first kappa shape index (κ1) is 16.1. The third-order valence-electron chi connectivity index (χ3n) is 1.98. The number of esters is 1. The van der Waals surface area contributed by atoms with Crippen LogP contribution in [0.1, 0.15) is 34.1 Å². The normalized spacial score (nSPS) is 16.1. The number of aliphatic carboxylic acids is 1. The van der Waals surface area contributed by atoms with Crippen molar-refractivity contribution in [3.8, 4) is 0 Å². The zero-order chi connectivity index (χ0) is 14.1. The number of carbonyl (C=O) groups is 2. The van der Waals surface area contributed by atoms with Crippen LogP contribution in [0.2, 0.25) is 0 Å². The van der Waals surface area contributed by atoms with Gasteiger partial charge in [-0.2, -0.15) is 0 Å². The Kier molecular flexibility index (Phi) is 4.50. The van der Waals surface area contributed by atoms with Crippen molar-refractivity contribution in [2.75, 3.05) is 0 Å². The van der Waals surface area contributed by atoms with E-state index in [4.69, 9.17) is 19.6 Å². The summed E-state index contributed by atoms with van der Waals surface area (Å²) < 4.78 is 16.1. The van der Waals surface area contributed by atoms with Crippen molar-refractivity contribution in [3.05, 3.63) is 0 Å². The Labute approximate surface area is 98.9 Å². The van der Waals surface area contributed by atoms with E-state index in [1.165, 1.54) is 20.8 Å². The lowest BCUT2D eigenvalue weighted by Gasteiger charge is -2.30. The fourth-order valence-corrected chi connectivity index (χ4v) is 1.60. The molecule has 1 unspecified atom stereocenters. The van der Waals surface area contributed by atoms with Gasteiger partial charge in [-0.1, -0.05) is 0 Å². The molecule has 0 aliphatic heterocycles. The van der Waals surface area contributed by atoms with Gasteiger partial charge in [0.15, 0.2) is 5.16 Å². The summed E-state index contributed by atoms with van der Waals surface area (Å²) in [5, 5.41) is 6.24. The number of carboxylic acids is 1. The van der Waals surface area contributed by atoms with Crippen LogP contribution in [0, 0.1) is 0 Å². The first-order valence-electron chi connectivity index (χ1n) is 4.80. The van der Waals surface area contributed by atoms with Crippen LogP contribution in [0.15, 0.2) is 0 Å². The van der Waals surface area contributed by atoms with Gasteiger partial charge in [0.05, 0.1) is 6.42 Å². The van der Waals surface area contributed by atoms with E-state index in [1.54, 1.807) is 0 Å². The van der Waals surface area contributed by atoms with E-state index >= 15 is 0 Å². The zero-order valence-electron chi connectivity index (χ0n) is 10.1. The molecule has 0 rings (SSSR count). The van der Waals surface area contributed by atoms with Crippen molar-refractivity contribution < 1.29 is 33.8 Å². The monoisotopic (exact) mass is 268 g/mol. The van der Waals surface area contributed by atoms with Crippen molar-refractivity contribution in [2.24, 2.45) is 0 Å². The maximum atomic E-state index is 11.7. The number of carboxylic acid groups (broad SMARTS) is 1. The van der Waals surface area contributed by atoms with Gasteiger partial charge in [0, 0.05) is 0 Å². The molecule has 0 aliphatic rings. The van der Waals surface area contributed by atoms with Crippen LogP contribution in [0.3, 0.4) is 0 Å². The predicted octanol–water partition coefficient (Wildman–Crippen LogP) is 0.739. The summed E-state index contributed by atoms with van der Waals surface area (Å²) in [6, 6.07) is 0. The van der Waals surface area contributed by atoms with E-state index < -0.39 is 36.7 Å². The summed E-state index contributed by atoms with van der Waals surface area (Å²) in [6.07, 6.45) is -0.994. The standard InChI is InChI=1S/C9H17O7P/c1-8(2,3)16-7(12)9(4,5-6(10)11)17(13,14)15/h5H2,1-4H3,(H,10,11)(H2,13,14,15). The highest BCUT2D eigenvalue weighted by Crippen LogP contribution is 2.53. The quantitative estimate of drug-likeness (QED) is 0.507. The van der Waals surface area contributed by atoms with Crippen molar-refractivity contribution >= 4 is 19.5 Å². The number of carbonyl (C=O) groups excluding carboxylic acids is 1. The van der Waals surface area contributed by atoms with Gasteiger partial charge in [0.2, 0.25) is 0 Å². The Bertz CT molecular complexity index is 364. The SMILES string of the molecule is CC(C)(C)OC(=O)C(C)(CC(=O)O)P(=O)(O)O. The minimum Gasteiger partial charge on any atom is -0.481 e. The summed E-state index contributed by atoms with van der Waals surface area (Å²) >= 11 is 0. The van der Waals surface area contributed by atoms with Crippen LogP contribution in [0.25, 0.3) is 0 Å². The van der Waals surface area contributed by atoms with E-state index in [0.29, 0.717) is 0 Å². The smallest absolute Gasteiger partial charge is 0.343 e. The minimum absolute atomic E-state index is 0.885. The lowest BCUT2D eigenvalue weighted by Crippen LogP contribution is -2.42. The largest absolute Gasteiger partial charge is 0.481 e. The Morgan fingerprint density at radius 1 is 1.18 bits per heavy atom. The van der Waals surface area contributed by atoms with Gasteiger partial charge in [-0.15, -0.1) is 0 Å². The van der Waals surface area contributed by atoms with Gasteiger partial charge >= 0.3 is 19.5 Å². The first-order chi connectivity index (χ1) is 7.29. The molecule has 0 aromatic heterocycles. The number of hydrogen-bond donors (Lipinski definition) is 3. The Morgan fingerprint density at radius 3 is 1.82 bits per heavy atom. The molecule has 0 amide bonds. The summed E-state index contributed by atoms with van der Waals surface area (Å²) in [7, 11) is -4.94. The molecular formula is C9H17O7P.